The number of amides is 5. The summed E-state index contributed by atoms with van der Waals surface area (Å²) in [6, 6.07) is 5.89. The van der Waals surface area contributed by atoms with Gasteiger partial charge in [-0.1, -0.05) is 17.7 Å². The van der Waals surface area contributed by atoms with E-state index in [2.05, 4.69) is 11.9 Å². The zero-order valence-electron chi connectivity index (χ0n) is 13.2. The van der Waals surface area contributed by atoms with Gasteiger partial charge in [-0.2, -0.15) is 0 Å². The van der Waals surface area contributed by atoms with Crippen molar-refractivity contribution >= 4 is 35.4 Å². The molecule has 5 amide bonds. The Balaban J connectivity index is 1.77. The highest BCUT2D eigenvalue weighted by atomic mass is 35.5. The predicted molar refractivity (Wildman–Crippen MR) is 89.0 cm³/mol. The largest absolute Gasteiger partial charge is 0.492 e. The van der Waals surface area contributed by atoms with Crippen molar-refractivity contribution < 1.29 is 23.9 Å². The number of rotatable bonds is 8. The molecule has 9 heteroatoms. The molecule has 0 bridgehead atoms. The minimum atomic E-state index is -1.03. The molecule has 132 valence electrons. The molecule has 25 heavy (non-hydrogen) atoms. The van der Waals surface area contributed by atoms with Gasteiger partial charge in [-0.25, -0.2) is 9.69 Å². The summed E-state index contributed by atoms with van der Waals surface area (Å²) in [6.45, 7) is 3.15. The van der Waals surface area contributed by atoms with Gasteiger partial charge >= 0.3 is 17.8 Å². The van der Waals surface area contributed by atoms with Crippen LogP contribution in [0, 0.1) is 0 Å². The van der Waals surface area contributed by atoms with Crippen molar-refractivity contribution in [3.8, 4) is 5.75 Å². The standard InChI is InChI=1S/C16H16ClN3O5/c1-2-8-19-14(22)15(23)20(16(19)24)10-13(21)18-7-9-25-12-5-3-11(17)4-6-12/h2-6H,1,7-10H2,(H,18,21). The summed E-state index contributed by atoms with van der Waals surface area (Å²) in [4.78, 5) is 48.5. The summed E-state index contributed by atoms with van der Waals surface area (Å²) in [5, 5.41) is 3.09. The summed E-state index contributed by atoms with van der Waals surface area (Å²) in [5.41, 5.74) is 0. The van der Waals surface area contributed by atoms with Crippen LogP contribution in [0.15, 0.2) is 36.9 Å². The smallest absolute Gasteiger partial charge is 0.335 e. The molecule has 0 unspecified atom stereocenters. The number of nitrogens with one attached hydrogen (secondary N) is 1. The molecule has 0 radical (unpaired) electrons. The molecule has 1 aliphatic rings. The quantitative estimate of drug-likeness (QED) is 0.318. The molecule has 2 rings (SSSR count). The first kappa shape index (κ1) is 18.5. The summed E-state index contributed by atoms with van der Waals surface area (Å²) in [6.07, 6.45) is 1.32. The van der Waals surface area contributed by atoms with Crippen LogP contribution >= 0.6 is 11.6 Å². The van der Waals surface area contributed by atoms with Gasteiger partial charge < -0.3 is 10.1 Å². The maximum atomic E-state index is 11.9. The van der Waals surface area contributed by atoms with Gasteiger partial charge in [0.1, 0.15) is 18.9 Å². The van der Waals surface area contributed by atoms with Crippen molar-refractivity contribution in [1.29, 1.82) is 0 Å². The number of hydrogen-bond acceptors (Lipinski definition) is 5. The van der Waals surface area contributed by atoms with Crippen molar-refractivity contribution in [1.82, 2.24) is 15.1 Å². The molecule has 1 aromatic rings. The molecule has 0 spiro atoms. The Labute approximate surface area is 149 Å². The van der Waals surface area contributed by atoms with Gasteiger partial charge in [0.05, 0.1) is 6.54 Å². The lowest BCUT2D eigenvalue weighted by molar-refractivity contribution is -0.143. The molecule has 8 nitrogen and oxygen atoms in total. The number of ether oxygens (including phenoxy) is 1. The highest BCUT2D eigenvalue weighted by Gasteiger charge is 2.44. The third-order valence-electron chi connectivity index (χ3n) is 3.26. The fourth-order valence-electron chi connectivity index (χ4n) is 2.07. The van der Waals surface area contributed by atoms with Gasteiger partial charge in [0.25, 0.3) is 0 Å². The van der Waals surface area contributed by atoms with E-state index < -0.39 is 30.3 Å². The van der Waals surface area contributed by atoms with Crippen LogP contribution in [0.1, 0.15) is 0 Å². The normalized spacial score (nSPS) is 14.0. The topological polar surface area (TPSA) is 96.0 Å². The average Bonchev–Trinajstić information content (AvgIpc) is 2.78. The van der Waals surface area contributed by atoms with E-state index in [1.54, 1.807) is 24.3 Å². The van der Waals surface area contributed by atoms with Crippen LogP contribution in [0.5, 0.6) is 5.75 Å². The maximum absolute atomic E-state index is 11.9. The molecule has 0 atom stereocenters. The first-order chi connectivity index (χ1) is 11.9. The highest BCUT2D eigenvalue weighted by molar-refractivity contribution is 6.45. The van der Waals surface area contributed by atoms with Crippen molar-refractivity contribution in [2.75, 3.05) is 26.2 Å². The third kappa shape index (κ3) is 4.57. The number of benzene rings is 1. The van der Waals surface area contributed by atoms with E-state index in [0.29, 0.717) is 15.7 Å². The predicted octanol–water partition coefficient (Wildman–Crippen LogP) is 0.812. The number of imide groups is 2. The number of nitrogens with zero attached hydrogens (tertiary/aromatic N) is 2. The van der Waals surface area contributed by atoms with Crippen LogP contribution in [-0.4, -0.2) is 59.8 Å². The highest BCUT2D eigenvalue weighted by Crippen LogP contribution is 2.15. The van der Waals surface area contributed by atoms with E-state index in [9.17, 15) is 19.2 Å². The lowest BCUT2D eigenvalue weighted by Gasteiger charge is -2.14. The second kappa shape index (κ2) is 8.29. The Morgan fingerprint density at radius 3 is 2.44 bits per heavy atom. The molecule has 1 aliphatic heterocycles. The maximum Gasteiger partial charge on any atom is 0.335 e. The van der Waals surface area contributed by atoms with E-state index >= 15 is 0 Å². The first-order valence-electron chi connectivity index (χ1n) is 7.37. The summed E-state index contributed by atoms with van der Waals surface area (Å²) in [5.74, 6) is -1.98. The Hall–Kier alpha value is -2.87. The van der Waals surface area contributed by atoms with Crippen LogP contribution in [0.2, 0.25) is 5.02 Å². The zero-order valence-corrected chi connectivity index (χ0v) is 14.0. The molecular weight excluding hydrogens is 350 g/mol. The van der Waals surface area contributed by atoms with E-state index in [-0.39, 0.29) is 19.7 Å². The van der Waals surface area contributed by atoms with Crippen LogP contribution in [0.3, 0.4) is 0 Å². The van der Waals surface area contributed by atoms with E-state index in [1.165, 1.54) is 6.08 Å². The molecule has 1 N–H and O–H groups in total. The Bertz CT molecular complexity index is 704. The minimum absolute atomic E-state index is 0.0868. The van der Waals surface area contributed by atoms with Crippen molar-refractivity contribution in [3.63, 3.8) is 0 Å². The van der Waals surface area contributed by atoms with E-state index in [4.69, 9.17) is 16.3 Å². The molecule has 1 fully saturated rings. The van der Waals surface area contributed by atoms with Crippen molar-refractivity contribution in [2.24, 2.45) is 0 Å². The first-order valence-corrected chi connectivity index (χ1v) is 7.75. The van der Waals surface area contributed by atoms with Gasteiger partial charge in [0.2, 0.25) is 5.91 Å². The lowest BCUT2D eigenvalue weighted by atomic mass is 10.3. The number of halogens is 1. The fraction of sp³-hybridized carbons (Fsp3) is 0.250. The monoisotopic (exact) mass is 365 g/mol. The molecule has 1 saturated heterocycles. The van der Waals surface area contributed by atoms with Crippen molar-refractivity contribution in [3.05, 3.63) is 41.9 Å². The summed E-state index contributed by atoms with van der Waals surface area (Å²) in [7, 11) is 0. The Kier molecular flexibility index (Phi) is 6.13. The average molecular weight is 366 g/mol. The molecule has 1 heterocycles. The van der Waals surface area contributed by atoms with Gasteiger partial charge in [-0.3, -0.25) is 19.3 Å². The van der Waals surface area contributed by atoms with Gasteiger partial charge in [0.15, 0.2) is 0 Å². The molecule has 0 aromatic heterocycles. The number of carbonyl (C=O) groups is 4. The third-order valence-corrected chi connectivity index (χ3v) is 3.51. The van der Waals surface area contributed by atoms with Crippen LogP contribution in [0.4, 0.5) is 4.79 Å². The van der Waals surface area contributed by atoms with Gasteiger partial charge in [-0.05, 0) is 24.3 Å². The molecule has 0 aliphatic carbocycles. The lowest BCUT2D eigenvalue weighted by Crippen LogP contribution is -2.42. The van der Waals surface area contributed by atoms with Gasteiger partial charge in [0, 0.05) is 11.6 Å². The van der Waals surface area contributed by atoms with E-state index in [0.717, 1.165) is 4.90 Å². The number of hydrogen-bond donors (Lipinski definition) is 1. The second-order valence-electron chi connectivity index (χ2n) is 5.03. The Morgan fingerprint density at radius 2 is 1.80 bits per heavy atom. The molecular formula is C16H16ClN3O5. The number of urea groups is 1. The second-order valence-corrected chi connectivity index (χ2v) is 5.47. The SMILES string of the molecule is C=CCN1C(=O)C(=O)N(CC(=O)NCCOc2ccc(Cl)cc2)C1=O. The van der Waals surface area contributed by atoms with Crippen LogP contribution in [-0.2, 0) is 14.4 Å². The summed E-state index contributed by atoms with van der Waals surface area (Å²) < 4.78 is 5.40. The van der Waals surface area contributed by atoms with Crippen molar-refractivity contribution in [2.45, 2.75) is 0 Å². The zero-order chi connectivity index (χ0) is 18.4. The van der Waals surface area contributed by atoms with E-state index in [1.807, 2.05) is 0 Å². The molecule has 0 saturated carbocycles. The number of carbonyl (C=O) groups excluding carboxylic acids is 4. The molecule has 1 aromatic carbocycles. The summed E-state index contributed by atoms with van der Waals surface area (Å²) >= 11 is 5.75. The fourth-order valence-corrected chi connectivity index (χ4v) is 2.20. The minimum Gasteiger partial charge on any atom is -0.492 e. The van der Waals surface area contributed by atoms with Crippen LogP contribution in [0.25, 0.3) is 0 Å². The Morgan fingerprint density at radius 1 is 1.16 bits per heavy atom. The van der Waals surface area contributed by atoms with Gasteiger partial charge in [-0.15, -0.1) is 6.58 Å². The van der Waals surface area contributed by atoms with Crippen LogP contribution < -0.4 is 10.1 Å².